The molecule has 0 fully saturated rings. The molecule has 1 aromatic heterocycles. The summed E-state index contributed by atoms with van der Waals surface area (Å²) in [6.07, 6.45) is -0.803. The van der Waals surface area contributed by atoms with Crippen molar-refractivity contribution >= 4 is 18.1 Å². The predicted molar refractivity (Wildman–Crippen MR) is 61.0 cm³/mol. The Morgan fingerprint density at radius 3 is 2.44 bits per heavy atom. The molecule has 8 heteroatoms. The summed E-state index contributed by atoms with van der Waals surface area (Å²) >= 11 is 0. The van der Waals surface area contributed by atoms with Gasteiger partial charge < -0.3 is 14.8 Å². The normalized spacial score (nSPS) is 12.3. The van der Waals surface area contributed by atoms with Crippen molar-refractivity contribution < 1.29 is 14.6 Å². The number of nitrogens with one attached hydrogen (secondary N) is 2. The number of rotatable bonds is 2. The molecule has 0 radical (unpaired) electrons. The van der Waals surface area contributed by atoms with Crippen LogP contribution in [0.15, 0.2) is 14.6 Å². The molecule has 98 valence electrons. The summed E-state index contributed by atoms with van der Waals surface area (Å²) in [5.74, 6) is 0. The highest BCUT2D eigenvalue weighted by Gasteiger charge is 2.09. The van der Waals surface area contributed by atoms with Gasteiger partial charge in [-0.3, -0.25) is 14.6 Å². The second-order valence-electron chi connectivity index (χ2n) is 4.38. The van der Waals surface area contributed by atoms with Crippen LogP contribution < -0.4 is 16.4 Å². The Balaban J connectivity index is 3.26. The van der Waals surface area contributed by atoms with Crippen LogP contribution in [0.25, 0.3) is 0 Å². The summed E-state index contributed by atoms with van der Waals surface area (Å²) in [5.41, 5.74) is -3.44. The lowest BCUT2D eigenvalue weighted by atomic mass is 10.2. The highest BCUT2D eigenvalue weighted by atomic mass is 16.6. The first-order valence-electron chi connectivity index (χ1n) is 4.99. The van der Waals surface area contributed by atoms with E-state index in [2.05, 4.69) is 9.98 Å². The number of aromatic nitrogens is 2. The smallest absolute Gasteiger partial charge is 0.326 e. The van der Waals surface area contributed by atoms with E-state index in [9.17, 15) is 19.5 Å². The van der Waals surface area contributed by atoms with Crippen molar-refractivity contribution in [3.05, 3.63) is 26.5 Å². The summed E-state index contributed by atoms with van der Waals surface area (Å²) in [5, 5.41) is 11.4. The molecule has 0 unspecified atom stereocenters. The fraction of sp³-hybridized carbons (Fsp3) is 0.400. The highest BCUT2D eigenvalue weighted by Crippen LogP contribution is 2.10. The third-order valence-electron chi connectivity index (χ3n) is 1.66. The first-order valence-corrected chi connectivity index (χ1v) is 4.99. The number of aromatic amines is 2. The van der Waals surface area contributed by atoms with E-state index >= 15 is 0 Å². The first-order chi connectivity index (χ1) is 8.23. The van der Waals surface area contributed by atoms with E-state index in [0.29, 0.717) is 0 Å². The molecule has 0 aliphatic heterocycles. The summed E-state index contributed by atoms with van der Waals surface area (Å²) in [6, 6.07) is 0. The largest absolute Gasteiger partial charge is 0.594 e. The molecule has 0 saturated heterocycles. The molecule has 8 nitrogen and oxygen atoms in total. The number of aldehydes is 1. The van der Waals surface area contributed by atoms with Gasteiger partial charge in [-0.15, -0.1) is 0 Å². The van der Waals surface area contributed by atoms with Crippen LogP contribution in [0.5, 0.6) is 0 Å². The van der Waals surface area contributed by atoms with Crippen molar-refractivity contribution in [2.45, 2.75) is 26.4 Å². The molecule has 0 aliphatic rings. The van der Waals surface area contributed by atoms with Gasteiger partial charge >= 0.3 is 5.69 Å². The van der Waals surface area contributed by atoms with Gasteiger partial charge in [-0.25, -0.2) is 9.79 Å². The zero-order valence-electron chi connectivity index (χ0n) is 10.1. The Morgan fingerprint density at radius 2 is 1.94 bits per heavy atom. The minimum atomic E-state index is -1.02. The minimum absolute atomic E-state index is 0.222. The van der Waals surface area contributed by atoms with Crippen LogP contribution in [0.1, 0.15) is 31.3 Å². The van der Waals surface area contributed by atoms with Crippen LogP contribution in [-0.4, -0.2) is 27.9 Å². The third kappa shape index (κ3) is 3.58. The molecule has 0 amide bonds. The number of hydrogen-bond acceptors (Lipinski definition) is 6. The number of carbonyl (C=O) groups excluding carboxylic acids is 1. The van der Waals surface area contributed by atoms with Gasteiger partial charge in [0.25, 0.3) is 5.56 Å². The molecule has 18 heavy (non-hydrogen) atoms. The fourth-order valence-electron chi connectivity index (χ4n) is 1.07. The standard InChI is InChI=1S/C10H13N3O5/c1-10(2,3)18-9(17)12-6-5(4-14)11-8(16)13-7(6)15/h4H,1-3H3,(H,12,17)(H2,11,13,15,16)/p-1. The van der Waals surface area contributed by atoms with E-state index in [1.54, 1.807) is 20.8 Å². The Bertz CT molecular complexity index is 591. The van der Waals surface area contributed by atoms with Crippen LogP contribution in [0.3, 0.4) is 0 Å². The maximum atomic E-state index is 11.4. The van der Waals surface area contributed by atoms with E-state index in [1.807, 2.05) is 4.98 Å². The average Bonchev–Trinajstić information content (AvgIpc) is 2.18. The molecular formula is C10H12N3O5-. The van der Waals surface area contributed by atoms with Gasteiger partial charge in [-0.2, -0.15) is 0 Å². The third-order valence-corrected chi connectivity index (χ3v) is 1.66. The van der Waals surface area contributed by atoms with Gasteiger partial charge in [0.2, 0.25) is 0 Å². The molecule has 0 saturated carbocycles. The second-order valence-corrected chi connectivity index (χ2v) is 4.38. The van der Waals surface area contributed by atoms with Gasteiger partial charge in [0.1, 0.15) is 5.69 Å². The van der Waals surface area contributed by atoms with E-state index in [-0.39, 0.29) is 12.0 Å². The fourth-order valence-corrected chi connectivity index (χ4v) is 1.07. The Hall–Kier alpha value is -2.38. The molecule has 0 bridgehead atoms. The van der Waals surface area contributed by atoms with Gasteiger partial charge in [-0.1, -0.05) is 20.8 Å². The van der Waals surface area contributed by atoms with Crippen molar-refractivity contribution in [3.8, 4) is 0 Å². The maximum absolute atomic E-state index is 11.4. The van der Waals surface area contributed by atoms with E-state index in [4.69, 9.17) is 4.74 Å². The first kappa shape index (κ1) is 13.7. The van der Waals surface area contributed by atoms with Gasteiger partial charge in [-0.05, 0) is 0 Å². The number of carbonyl (C=O) groups is 1. The van der Waals surface area contributed by atoms with E-state index in [0.717, 1.165) is 0 Å². The molecule has 1 heterocycles. The second kappa shape index (κ2) is 4.86. The molecule has 0 aliphatic carbocycles. The molecule has 0 atom stereocenters. The topological polar surface area (TPSA) is 127 Å². The van der Waals surface area contributed by atoms with Crippen LogP contribution in [0.2, 0.25) is 0 Å². The zero-order chi connectivity index (χ0) is 13.9. The molecule has 1 rings (SSSR count). The van der Waals surface area contributed by atoms with Crippen LogP contribution in [0, 0.1) is 0 Å². The Kier molecular flexibility index (Phi) is 3.70. The zero-order valence-corrected chi connectivity index (χ0v) is 10.1. The average molecular weight is 254 g/mol. The molecule has 0 spiro atoms. The molecule has 1 aromatic rings. The van der Waals surface area contributed by atoms with Gasteiger partial charge in [0.05, 0.1) is 0 Å². The summed E-state index contributed by atoms with van der Waals surface area (Å²) in [7, 11) is 0. The van der Waals surface area contributed by atoms with Crippen LogP contribution in [-0.2, 0) is 4.74 Å². The lowest BCUT2D eigenvalue weighted by molar-refractivity contribution is -0.259. The van der Waals surface area contributed by atoms with Gasteiger partial charge in [0, 0.05) is 5.60 Å². The number of H-pyrrole nitrogens is 2. The highest BCUT2D eigenvalue weighted by molar-refractivity contribution is 5.81. The maximum Gasteiger partial charge on any atom is 0.326 e. The van der Waals surface area contributed by atoms with Crippen molar-refractivity contribution in [2.24, 2.45) is 4.99 Å². The number of ether oxygens (including phenoxy) is 1. The van der Waals surface area contributed by atoms with Crippen molar-refractivity contribution in [2.75, 3.05) is 0 Å². The monoisotopic (exact) mass is 254 g/mol. The molecular weight excluding hydrogens is 242 g/mol. The van der Waals surface area contributed by atoms with E-state index in [1.165, 1.54) is 0 Å². The minimum Gasteiger partial charge on any atom is -0.594 e. The lowest BCUT2D eigenvalue weighted by Gasteiger charge is -2.29. The molecule has 2 N–H and O–H groups in total. The predicted octanol–water partition coefficient (Wildman–Crippen LogP) is -0.961. The SMILES string of the molecule is CC(C)(C)OC([O-])=Nc1c(C=O)[nH]c(=O)[nH]c1=O. The van der Waals surface area contributed by atoms with Crippen molar-refractivity contribution in [3.63, 3.8) is 0 Å². The number of hydrogen-bond donors (Lipinski definition) is 2. The number of aliphatic imine (C=N–C) groups is 1. The lowest BCUT2D eigenvalue weighted by Crippen LogP contribution is -2.32. The Labute approximate surface area is 101 Å². The summed E-state index contributed by atoms with van der Waals surface area (Å²) in [4.78, 5) is 40.2. The van der Waals surface area contributed by atoms with Crippen molar-refractivity contribution in [1.82, 2.24) is 9.97 Å². The van der Waals surface area contributed by atoms with Crippen LogP contribution >= 0.6 is 0 Å². The van der Waals surface area contributed by atoms with E-state index < -0.39 is 28.6 Å². The van der Waals surface area contributed by atoms with Crippen LogP contribution in [0.4, 0.5) is 5.69 Å². The number of nitrogens with zero attached hydrogens (tertiary/aromatic N) is 1. The quantitative estimate of drug-likeness (QED) is 0.399. The molecule has 0 aromatic carbocycles. The summed E-state index contributed by atoms with van der Waals surface area (Å²) in [6.45, 7) is 4.87. The van der Waals surface area contributed by atoms with Gasteiger partial charge in [0.15, 0.2) is 18.1 Å². The summed E-state index contributed by atoms with van der Waals surface area (Å²) < 4.78 is 4.86. The Morgan fingerprint density at radius 1 is 1.33 bits per heavy atom. The van der Waals surface area contributed by atoms with Crippen molar-refractivity contribution in [1.29, 1.82) is 0 Å².